The summed E-state index contributed by atoms with van der Waals surface area (Å²) in [5.74, 6) is 9.49. The third kappa shape index (κ3) is 0.301. The molecule has 0 aromatic heterocycles. The molecule has 0 saturated heterocycles. The van der Waals surface area contributed by atoms with Crippen LogP contribution in [0.25, 0.3) is 0 Å². The molecule has 12 heavy (non-hydrogen) atoms. The molecule has 8 atom stereocenters. The van der Waals surface area contributed by atoms with Crippen molar-refractivity contribution in [1.82, 2.24) is 0 Å². The SMILES string of the molecule is C1=CC2C1C1C2C2C3CCC3C12. The zero-order valence-corrected chi connectivity index (χ0v) is 7.19. The molecule has 5 rings (SSSR count). The van der Waals surface area contributed by atoms with E-state index >= 15 is 0 Å². The lowest BCUT2D eigenvalue weighted by molar-refractivity contribution is -0.326. The van der Waals surface area contributed by atoms with E-state index in [2.05, 4.69) is 12.2 Å². The molecule has 0 aliphatic heterocycles. The van der Waals surface area contributed by atoms with Crippen molar-refractivity contribution in [3.05, 3.63) is 12.2 Å². The van der Waals surface area contributed by atoms with Crippen molar-refractivity contribution < 1.29 is 0 Å². The molecule has 5 aliphatic rings. The lowest BCUT2D eigenvalue weighted by Crippen LogP contribution is -2.77. The first kappa shape index (κ1) is 5.47. The first-order valence-corrected chi connectivity index (χ1v) is 5.65. The van der Waals surface area contributed by atoms with Gasteiger partial charge in [0, 0.05) is 0 Å². The summed E-state index contributed by atoms with van der Waals surface area (Å²) < 4.78 is 0. The second kappa shape index (κ2) is 1.32. The monoisotopic (exact) mass is 158 g/mol. The Morgan fingerprint density at radius 1 is 0.667 bits per heavy atom. The molecular formula is C12H14. The Morgan fingerprint density at radius 3 is 1.50 bits per heavy atom. The van der Waals surface area contributed by atoms with Crippen LogP contribution in [-0.4, -0.2) is 0 Å². The minimum Gasteiger partial charge on any atom is -0.0842 e. The summed E-state index contributed by atoms with van der Waals surface area (Å²) in [5.41, 5.74) is 0. The maximum absolute atomic E-state index is 2.49. The van der Waals surface area contributed by atoms with Gasteiger partial charge in [0.1, 0.15) is 0 Å². The van der Waals surface area contributed by atoms with Gasteiger partial charge in [-0.2, -0.15) is 0 Å². The zero-order chi connectivity index (χ0) is 7.45. The largest absolute Gasteiger partial charge is 0.0842 e. The van der Waals surface area contributed by atoms with Gasteiger partial charge in [-0.3, -0.25) is 0 Å². The van der Waals surface area contributed by atoms with Crippen LogP contribution in [0.15, 0.2) is 12.2 Å². The molecule has 0 N–H and O–H groups in total. The zero-order valence-electron chi connectivity index (χ0n) is 7.19. The van der Waals surface area contributed by atoms with Crippen molar-refractivity contribution in [1.29, 1.82) is 0 Å². The van der Waals surface area contributed by atoms with E-state index in [1.807, 2.05) is 0 Å². The number of rotatable bonds is 0. The second-order valence-electron chi connectivity index (χ2n) is 5.75. The Morgan fingerprint density at radius 2 is 1.17 bits per heavy atom. The fourth-order valence-electron chi connectivity index (χ4n) is 5.40. The molecule has 4 fully saturated rings. The summed E-state index contributed by atoms with van der Waals surface area (Å²) in [7, 11) is 0. The summed E-state index contributed by atoms with van der Waals surface area (Å²) >= 11 is 0. The van der Waals surface area contributed by atoms with E-state index in [-0.39, 0.29) is 0 Å². The average Bonchev–Trinajstić information content (AvgIpc) is 1.99. The number of hydrogen-bond acceptors (Lipinski definition) is 0. The highest BCUT2D eigenvalue weighted by Gasteiger charge is 2.76. The lowest BCUT2D eigenvalue weighted by Gasteiger charge is -2.82. The van der Waals surface area contributed by atoms with E-state index in [9.17, 15) is 0 Å². The quantitative estimate of drug-likeness (QED) is 0.375. The fourth-order valence-corrected chi connectivity index (χ4v) is 5.40. The van der Waals surface area contributed by atoms with Crippen molar-refractivity contribution in [3.63, 3.8) is 0 Å². The van der Waals surface area contributed by atoms with E-state index in [1.165, 1.54) is 35.5 Å². The van der Waals surface area contributed by atoms with Crippen LogP contribution >= 0.6 is 0 Å². The maximum atomic E-state index is 2.49. The van der Waals surface area contributed by atoms with Crippen molar-refractivity contribution in [2.75, 3.05) is 0 Å². The molecule has 0 heterocycles. The van der Waals surface area contributed by atoms with Crippen molar-refractivity contribution in [2.45, 2.75) is 12.8 Å². The Balaban J connectivity index is 1.57. The van der Waals surface area contributed by atoms with Gasteiger partial charge in [0.25, 0.3) is 0 Å². The topological polar surface area (TPSA) is 0 Å². The van der Waals surface area contributed by atoms with Crippen molar-refractivity contribution >= 4 is 0 Å². The Hall–Kier alpha value is -0.260. The van der Waals surface area contributed by atoms with Crippen LogP contribution in [0.1, 0.15) is 12.8 Å². The van der Waals surface area contributed by atoms with Crippen LogP contribution in [0.3, 0.4) is 0 Å². The minimum absolute atomic E-state index is 1.08. The van der Waals surface area contributed by atoms with Crippen LogP contribution in [0.5, 0.6) is 0 Å². The first-order chi connectivity index (χ1) is 5.97. The predicted molar refractivity (Wildman–Crippen MR) is 46.3 cm³/mol. The van der Waals surface area contributed by atoms with Gasteiger partial charge in [-0.25, -0.2) is 0 Å². The van der Waals surface area contributed by atoms with Gasteiger partial charge in [-0.1, -0.05) is 12.2 Å². The fraction of sp³-hybridized carbons (Fsp3) is 0.833. The van der Waals surface area contributed by atoms with E-state index in [0.29, 0.717) is 0 Å². The van der Waals surface area contributed by atoms with Gasteiger partial charge in [-0.05, 0) is 60.2 Å². The van der Waals surface area contributed by atoms with Crippen LogP contribution in [0.2, 0.25) is 0 Å². The Kier molecular flexibility index (Phi) is 0.603. The third-order valence-electron chi connectivity index (χ3n) is 6.04. The minimum atomic E-state index is 1.08. The number of hydrogen-bond donors (Lipinski definition) is 0. The highest BCUT2D eigenvalue weighted by atomic mass is 14.8. The number of allylic oxidation sites excluding steroid dienone is 2. The average molecular weight is 158 g/mol. The highest BCUT2D eigenvalue weighted by molar-refractivity contribution is 5.33. The van der Waals surface area contributed by atoms with Gasteiger partial charge in [0.05, 0.1) is 0 Å². The molecule has 0 bridgehead atoms. The van der Waals surface area contributed by atoms with Crippen LogP contribution in [0.4, 0.5) is 0 Å². The van der Waals surface area contributed by atoms with E-state index < -0.39 is 0 Å². The molecule has 0 heteroatoms. The van der Waals surface area contributed by atoms with Crippen LogP contribution < -0.4 is 0 Å². The molecule has 0 spiro atoms. The first-order valence-electron chi connectivity index (χ1n) is 5.65. The van der Waals surface area contributed by atoms with Crippen LogP contribution in [-0.2, 0) is 0 Å². The van der Waals surface area contributed by atoms with E-state index in [4.69, 9.17) is 0 Å². The van der Waals surface area contributed by atoms with Gasteiger partial charge >= 0.3 is 0 Å². The smallest absolute Gasteiger partial charge is 0.0133 e. The standard InChI is InChI=1S/C12H14/c1-2-6-5(1)9-10(6)12-8-4-3-7(8)11(9)12/h1-2,5-12H,3-4H2. The van der Waals surface area contributed by atoms with Gasteiger partial charge in [-0.15, -0.1) is 0 Å². The van der Waals surface area contributed by atoms with Crippen molar-refractivity contribution in [2.24, 2.45) is 47.3 Å². The molecule has 0 aromatic carbocycles. The van der Waals surface area contributed by atoms with E-state index in [1.54, 1.807) is 12.8 Å². The Labute approximate surface area is 73.0 Å². The molecular weight excluding hydrogens is 144 g/mol. The summed E-state index contributed by atoms with van der Waals surface area (Å²) in [6.07, 6.45) is 8.18. The summed E-state index contributed by atoms with van der Waals surface area (Å²) in [6, 6.07) is 0. The summed E-state index contributed by atoms with van der Waals surface area (Å²) in [5, 5.41) is 0. The molecule has 4 saturated carbocycles. The Bertz CT molecular complexity index is 273. The van der Waals surface area contributed by atoms with Crippen molar-refractivity contribution in [3.8, 4) is 0 Å². The van der Waals surface area contributed by atoms with Gasteiger partial charge < -0.3 is 0 Å². The third-order valence-corrected chi connectivity index (χ3v) is 6.04. The lowest BCUT2D eigenvalue weighted by atomic mass is 9.22. The van der Waals surface area contributed by atoms with Gasteiger partial charge in [0.15, 0.2) is 0 Å². The number of fused-ring (bicyclic) bond motifs is 10. The molecule has 0 amide bonds. The molecule has 5 aliphatic carbocycles. The van der Waals surface area contributed by atoms with E-state index in [0.717, 1.165) is 11.8 Å². The highest BCUT2D eigenvalue weighted by Crippen LogP contribution is 2.81. The maximum Gasteiger partial charge on any atom is -0.0133 e. The van der Waals surface area contributed by atoms with Crippen LogP contribution in [0, 0.1) is 47.3 Å². The summed E-state index contributed by atoms with van der Waals surface area (Å²) in [6.45, 7) is 0. The molecule has 0 radical (unpaired) electrons. The summed E-state index contributed by atoms with van der Waals surface area (Å²) in [4.78, 5) is 0. The second-order valence-corrected chi connectivity index (χ2v) is 5.75. The normalized spacial score (nSPS) is 78.7. The van der Waals surface area contributed by atoms with Gasteiger partial charge in [0.2, 0.25) is 0 Å². The molecule has 62 valence electrons. The molecule has 0 nitrogen and oxygen atoms in total. The molecule has 0 aromatic rings. The molecule has 8 unspecified atom stereocenters. The predicted octanol–water partition coefficient (Wildman–Crippen LogP) is 2.32.